The number of hydrogen-bond donors (Lipinski definition) is 1. The van der Waals surface area contributed by atoms with Crippen LogP contribution < -0.4 is 5.69 Å². The van der Waals surface area contributed by atoms with Crippen molar-refractivity contribution in [1.82, 2.24) is 24.4 Å². The van der Waals surface area contributed by atoms with E-state index in [9.17, 15) is 18.4 Å². The zero-order chi connectivity index (χ0) is 26.2. The van der Waals surface area contributed by atoms with Gasteiger partial charge in [-0.1, -0.05) is 12.1 Å². The van der Waals surface area contributed by atoms with Gasteiger partial charge in [0, 0.05) is 31.5 Å². The molecule has 0 radical (unpaired) electrons. The molecule has 1 N–H and O–H groups in total. The largest absolute Gasteiger partial charge is 0.440 e. The molecule has 4 heterocycles. The molecule has 0 bridgehead atoms. The molecule has 6 rings (SSSR count). The Morgan fingerprint density at radius 1 is 0.974 bits per heavy atom. The van der Waals surface area contributed by atoms with Gasteiger partial charge in [-0.3, -0.25) is 14.5 Å². The van der Waals surface area contributed by atoms with Crippen molar-refractivity contribution in [3.8, 4) is 0 Å². The quantitative estimate of drug-likeness (QED) is 0.383. The third-order valence-corrected chi connectivity index (χ3v) is 7.71. The van der Waals surface area contributed by atoms with E-state index in [1.165, 1.54) is 6.07 Å². The number of halogens is 2. The van der Waals surface area contributed by atoms with Crippen LogP contribution in [0.2, 0.25) is 0 Å². The van der Waals surface area contributed by atoms with Gasteiger partial charge in [0.2, 0.25) is 0 Å². The number of benzene rings is 1. The number of aromatic nitrogens is 4. The molecule has 1 saturated heterocycles. The second kappa shape index (κ2) is 10.00. The van der Waals surface area contributed by atoms with Crippen molar-refractivity contribution in [2.75, 3.05) is 13.1 Å². The monoisotopic (exact) mass is 519 g/mol. The minimum Gasteiger partial charge on any atom is -0.440 e. The number of pyridine rings is 2. The van der Waals surface area contributed by atoms with E-state index in [1.807, 2.05) is 18.2 Å². The first kappa shape index (κ1) is 24.3. The fourth-order valence-electron chi connectivity index (χ4n) is 5.76. The summed E-state index contributed by atoms with van der Waals surface area (Å²) < 4.78 is 35.1. The second-order valence-corrected chi connectivity index (χ2v) is 9.96. The SMILES string of the molecule is O=C(O[C@@H]1CC[C@@H](c2ccc(F)c(F)c2)Cc2cccnc21)N1CCC(n2c(=O)[nH]c3ncccc32)CC1. The fourth-order valence-corrected chi connectivity index (χ4v) is 5.76. The third-order valence-electron chi connectivity index (χ3n) is 7.71. The maximum Gasteiger partial charge on any atom is 0.410 e. The Hall–Kier alpha value is -4.08. The summed E-state index contributed by atoms with van der Waals surface area (Å²) in [5.41, 5.74) is 3.48. The average molecular weight is 520 g/mol. The van der Waals surface area contributed by atoms with Crippen LogP contribution in [0.3, 0.4) is 0 Å². The summed E-state index contributed by atoms with van der Waals surface area (Å²) in [7, 11) is 0. The van der Waals surface area contributed by atoms with Crippen molar-refractivity contribution >= 4 is 17.3 Å². The lowest BCUT2D eigenvalue weighted by molar-refractivity contribution is 0.0473. The summed E-state index contributed by atoms with van der Waals surface area (Å²) in [5.74, 6) is -1.78. The van der Waals surface area contributed by atoms with Crippen molar-refractivity contribution in [3.05, 3.63) is 93.8 Å². The number of hydrogen-bond acceptors (Lipinski definition) is 5. The first-order valence-corrected chi connectivity index (χ1v) is 12.9. The highest BCUT2D eigenvalue weighted by molar-refractivity contribution is 5.70. The van der Waals surface area contributed by atoms with E-state index in [4.69, 9.17) is 4.74 Å². The zero-order valence-corrected chi connectivity index (χ0v) is 20.6. The van der Waals surface area contributed by atoms with Crippen LogP contribution in [0.25, 0.3) is 11.2 Å². The van der Waals surface area contributed by atoms with Gasteiger partial charge in [-0.25, -0.2) is 23.4 Å². The molecule has 1 aromatic carbocycles. The first-order chi connectivity index (χ1) is 18.5. The molecule has 1 amide bonds. The Bertz CT molecular complexity index is 1540. The Morgan fingerprint density at radius 2 is 1.76 bits per heavy atom. The maximum absolute atomic E-state index is 13.9. The summed E-state index contributed by atoms with van der Waals surface area (Å²) in [5, 5.41) is 0. The van der Waals surface area contributed by atoms with Crippen LogP contribution >= 0.6 is 0 Å². The Kier molecular flexibility index (Phi) is 6.39. The number of carbonyl (C=O) groups is 1. The van der Waals surface area contributed by atoms with Crippen LogP contribution in [0, 0.1) is 11.6 Å². The molecule has 2 aliphatic rings. The van der Waals surface area contributed by atoms with Crippen molar-refractivity contribution in [3.63, 3.8) is 0 Å². The van der Waals surface area contributed by atoms with Crippen LogP contribution in [-0.2, 0) is 11.2 Å². The third kappa shape index (κ3) is 4.55. The molecule has 0 spiro atoms. The molecule has 3 aromatic heterocycles. The highest BCUT2D eigenvalue weighted by atomic mass is 19.2. The van der Waals surface area contributed by atoms with Gasteiger partial charge in [-0.15, -0.1) is 0 Å². The summed E-state index contributed by atoms with van der Waals surface area (Å²) in [6.07, 6.45) is 5.37. The lowest BCUT2D eigenvalue weighted by Crippen LogP contribution is -2.41. The van der Waals surface area contributed by atoms with Gasteiger partial charge in [-0.05, 0) is 79.5 Å². The number of likely N-dealkylation sites (tertiary alicyclic amines) is 1. The van der Waals surface area contributed by atoms with Crippen LogP contribution in [0.1, 0.15) is 60.6 Å². The topological polar surface area (TPSA) is 93.1 Å². The molecule has 0 saturated carbocycles. The van der Waals surface area contributed by atoms with E-state index in [-0.39, 0.29) is 17.6 Å². The predicted octanol–water partition coefficient (Wildman–Crippen LogP) is 5.03. The number of H-pyrrole nitrogens is 1. The molecule has 1 fully saturated rings. The normalized spacial score (nSPS) is 20.2. The Labute approximate surface area is 217 Å². The number of aromatic amines is 1. The van der Waals surface area contributed by atoms with Crippen LogP contribution in [0.5, 0.6) is 0 Å². The molecule has 2 atom stereocenters. The minimum atomic E-state index is -0.869. The molecule has 0 unspecified atom stereocenters. The van der Waals surface area contributed by atoms with E-state index in [2.05, 4.69) is 15.0 Å². The number of nitrogens with one attached hydrogen (secondary N) is 1. The summed E-state index contributed by atoms with van der Waals surface area (Å²) in [6, 6.07) is 11.4. The van der Waals surface area contributed by atoms with Crippen LogP contribution in [0.15, 0.2) is 59.7 Å². The number of nitrogens with zero attached hydrogens (tertiary/aromatic N) is 4. The molecule has 1 aliphatic carbocycles. The summed E-state index contributed by atoms with van der Waals surface area (Å²) >= 11 is 0. The van der Waals surface area contributed by atoms with E-state index in [1.54, 1.807) is 34.0 Å². The van der Waals surface area contributed by atoms with Gasteiger partial charge >= 0.3 is 11.8 Å². The van der Waals surface area contributed by atoms with Crippen molar-refractivity contribution in [2.45, 2.75) is 50.2 Å². The van der Waals surface area contributed by atoms with Gasteiger partial charge in [-0.2, -0.15) is 0 Å². The number of amides is 1. The number of piperidine rings is 1. The van der Waals surface area contributed by atoms with Crippen LogP contribution in [-0.4, -0.2) is 43.6 Å². The van der Waals surface area contributed by atoms with Crippen LogP contribution in [0.4, 0.5) is 13.6 Å². The fraction of sp³-hybridized carbons (Fsp3) is 0.357. The molecule has 10 heteroatoms. The highest BCUT2D eigenvalue weighted by Crippen LogP contribution is 2.38. The van der Waals surface area contributed by atoms with Gasteiger partial charge in [0.05, 0.1) is 11.2 Å². The minimum absolute atomic E-state index is 0.0402. The maximum atomic E-state index is 13.9. The van der Waals surface area contributed by atoms with Gasteiger partial charge in [0.15, 0.2) is 17.3 Å². The van der Waals surface area contributed by atoms with E-state index in [0.29, 0.717) is 56.5 Å². The standard InChI is InChI=1S/C28H27F2N5O3/c29-21-7-5-18(16-22(21)30)17-6-8-24(25-19(15-17)3-1-11-31-25)38-28(37)34-13-9-20(10-14-34)35-23-4-2-12-32-26(23)33-27(35)36/h1-5,7,11-12,16-17,20,24H,6,8-10,13-15H2,(H,32,33,36)/t17-,24-/m1/s1. The molecule has 4 aromatic rings. The van der Waals surface area contributed by atoms with Crippen molar-refractivity contribution in [2.24, 2.45) is 0 Å². The van der Waals surface area contributed by atoms with E-state index < -0.39 is 23.8 Å². The second-order valence-electron chi connectivity index (χ2n) is 9.96. The Morgan fingerprint density at radius 3 is 2.58 bits per heavy atom. The zero-order valence-electron chi connectivity index (χ0n) is 20.6. The molecular weight excluding hydrogens is 492 g/mol. The first-order valence-electron chi connectivity index (χ1n) is 12.9. The van der Waals surface area contributed by atoms with Gasteiger partial charge < -0.3 is 9.64 Å². The predicted molar refractivity (Wildman–Crippen MR) is 136 cm³/mol. The van der Waals surface area contributed by atoms with Crippen molar-refractivity contribution in [1.29, 1.82) is 0 Å². The average Bonchev–Trinajstić information content (AvgIpc) is 3.16. The van der Waals surface area contributed by atoms with Gasteiger partial charge in [0.25, 0.3) is 0 Å². The van der Waals surface area contributed by atoms with E-state index >= 15 is 0 Å². The molecule has 1 aliphatic heterocycles. The summed E-state index contributed by atoms with van der Waals surface area (Å²) in [4.78, 5) is 39.0. The number of ether oxygens (including phenoxy) is 1. The molecule has 8 nitrogen and oxygen atoms in total. The smallest absolute Gasteiger partial charge is 0.410 e. The van der Waals surface area contributed by atoms with E-state index in [0.717, 1.165) is 22.7 Å². The molecular formula is C28H27F2N5O3. The van der Waals surface area contributed by atoms with Crippen molar-refractivity contribution < 1.29 is 18.3 Å². The number of fused-ring (bicyclic) bond motifs is 2. The number of carbonyl (C=O) groups excluding carboxylic acids is 1. The molecule has 38 heavy (non-hydrogen) atoms. The lowest BCUT2D eigenvalue weighted by atomic mass is 9.90. The number of imidazole rings is 1. The molecule has 196 valence electrons. The summed E-state index contributed by atoms with van der Waals surface area (Å²) in [6.45, 7) is 0.921. The highest BCUT2D eigenvalue weighted by Gasteiger charge is 2.32. The van der Waals surface area contributed by atoms with Gasteiger partial charge in [0.1, 0.15) is 6.10 Å². The number of rotatable bonds is 3. The Balaban J connectivity index is 1.14. The lowest BCUT2D eigenvalue weighted by Gasteiger charge is -2.33.